The molecule has 4 aliphatic rings. The fraction of sp³-hybridized carbons (Fsp3) is 0.542. The number of allylic oxidation sites excluding steroid dienone is 1. The minimum Gasteiger partial charge on any atom is -0.495 e. The number of likely N-dealkylation sites (N-methyl/N-ethyl adjacent to an activating group) is 1. The summed E-state index contributed by atoms with van der Waals surface area (Å²) in [7, 11) is 7.56. The van der Waals surface area contributed by atoms with Gasteiger partial charge in [0.2, 0.25) is 0 Å². The second kappa shape index (κ2) is 6.34. The molecule has 4 bridgehead atoms. The number of ether oxygens (including phenoxy) is 2. The van der Waals surface area contributed by atoms with Crippen LogP contribution in [0.5, 0.6) is 5.75 Å². The summed E-state index contributed by atoms with van der Waals surface area (Å²) in [4.78, 5) is 13.3. The molecule has 3 saturated heterocycles. The molecule has 160 valence electrons. The van der Waals surface area contributed by atoms with E-state index in [0.717, 1.165) is 35.1 Å². The van der Waals surface area contributed by atoms with Crippen molar-refractivity contribution in [3.63, 3.8) is 0 Å². The lowest BCUT2D eigenvalue weighted by Gasteiger charge is -2.66. The van der Waals surface area contributed by atoms with Crippen molar-refractivity contribution in [1.82, 2.24) is 4.57 Å². The zero-order chi connectivity index (χ0) is 21.4. The molecule has 4 aliphatic heterocycles. The van der Waals surface area contributed by atoms with Gasteiger partial charge in [0.05, 0.1) is 39.1 Å². The smallest absolute Gasteiger partial charge is 0.320 e. The highest BCUT2D eigenvalue weighted by atomic mass is 16.5. The van der Waals surface area contributed by atoms with Crippen LogP contribution < -0.4 is 4.74 Å². The zero-order valence-electron chi connectivity index (χ0n) is 18.4. The Morgan fingerprint density at radius 1 is 1.40 bits per heavy atom. The van der Waals surface area contributed by atoms with Gasteiger partial charge < -0.3 is 23.6 Å². The Kier molecular flexibility index (Phi) is 4.15. The fourth-order valence-electron chi connectivity index (χ4n) is 7.25. The number of aliphatic hydroxyl groups is 1. The van der Waals surface area contributed by atoms with Crippen LogP contribution in [0.4, 0.5) is 0 Å². The van der Waals surface area contributed by atoms with Gasteiger partial charge in [-0.3, -0.25) is 4.79 Å². The SMILES string of the molecule is CC=C1C[N@@+]2(C)[C@H]3C[C@@H]1[C@@](CO)(C(=O)OC)[C@@H]2Cc1c3n(C)c2c(OC)cccc12. The lowest BCUT2D eigenvalue weighted by Crippen LogP contribution is -2.77. The van der Waals surface area contributed by atoms with Crippen LogP contribution >= 0.6 is 0 Å². The van der Waals surface area contributed by atoms with Gasteiger partial charge in [0.15, 0.2) is 0 Å². The van der Waals surface area contributed by atoms with Crippen LogP contribution in [-0.2, 0) is 23.0 Å². The molecule has 6 rings (SSSR count). The van der Waals surface area contributed by atoms with E-state index < -0.39 is 5.41 Å². The van der Waals surface area contributed by atoms with Gasteiger partial charge in [0.1, 0.15) is 29.8 Å². The molecule has 5 atom stereocenters. The highest BCUT2D eigenvalue weighted by Crippen LogP contribution is 2.63. The lowest BCUT2D eigenvalue weighted by atomic mass is 9.54. The summed E-state index contributed by atoms with van der Waals surface area (Å²) in [5.41, 5.74) is 4.12. The van der Waals surface area contributed by atoms with Gasteiger partial charge in [-0.2, -0.15) is 0 Å². The van der Waals surface area contributed by atoms with Crippen LogP contribution in [0.15, 0.2) is 29.8 Å². The molecule has 2 aromatic rings. The van der Waals surface area contributed by atoms with E-state index in [9.17, 15) is 9.90 Å². The minimum atomic E-state index is -0.904. The van der Waals surface area contributed by atoms with E-state index in [-0.39, 0.29) is 30.6 Å². The van der Waals surface area contributed by atoms with E-state index in [1.54, 1.807) is 7.11 Å². The Morgan fingerprint density at radius 2 is 2.17 bits per heavy atom. The number of para-hydroxylation sites is 1. The van der Waals surface area contributed by atoms with Gasteiger partial charge in [-0.15, -0.1) is 0 Å². The number of methoxy groups -OCH3 is 2. The van der Waals surface area contributed by atoms with E-state index in [1.807, 2.05) is 19.1 Å². The maximum Gasteiger partial charge on any atom is 0.320 e. The van der Waals surface area contributed by atoms with Gasteiger partial charge in [-0.25, -0.2) is 0 Å². The number of hydrogen-bond acceptors (Lipinski definition) is 4. The van der Waals surface area contributed by atoms with Crippen molar-refractivity contribution in [3.8, 4) is 5.75 Å². The first kappa shape index (κ1) is 19.6. The first-order chi connectivity index (χ1) is 14.4. The molecular formula is C24H31N2O4+. The number of piperidine rings is 3. The largest absolute Gasteiger partial charge is 0.495 e. The van der Waals surface area contributed by atoms with Crippen LogP contribution in [0.25, 0.3) is 10.9 Å². The predicted octanol–water partition coefficient (Wildman–Crippen LogP) is 2.73. The van der Waals surface area contributed by atoms with Gasteiger partial charge >= 0.3 is 5.97 Å². The fourth-order valence-corrected chi connectivity index (χ4v) is 7.25. The Balaban J connectivity index is 1.81. The van der Waals surface area contributed by atoms with Crippen molar-refractivity contribution in [3.05, 3.63) is 41.1 Å². The number of aromatic nitrogens is 1. The van der Waals surface area contributed by atoms with Crippen molar-refractivity contribution in [2.24, 2.45) is 18.4 Å². The first-order valence-corrected chi connectivity index (χ1v) is 10.7. The molecule has 30 heavy (non-hydrogen) atoms. The van der Waals surface area contributed by atoms with Gasteiger partial charge in [0, 0.05) is 31.2 Å². The van der Waals surface area contributed by atoms with E-state index in [1.165, 1.54) is 29.3 Å². The maximum atomic E-state index is 13.3. The summed E-state index contributed by atoms with van der Waals surface area (Å²) in [6.07, 6.45) is 3.73. The van der Waals surface area contributed by atoms with Crippen molar-refractivity contribution in [1.29, 1.82) is 0 Å². The molecule has 3 fully saturated rings. The highest BCUT2D eigenvalue weighted by molar-refractivity contribution is 5.91. The number of carbonyl (C=O) groups excluding carboxylic acids is 1. The molecule has 0 aliphatic carbocycles. The lowest BCUT2D eigenvalue weighted by molar-refractivity contribution is -0.981. The highest BCUT2D eigenvalue weighted by Gasteiger charge is 2.72. The summed E-state index contributed by atoms with van der Waals surface area (Å²) >= 11 is 0. The average Bonchev–Trinajstić information content (AvgIpc) is 3.04. The molecule has 1 N–H and O–H groups in total. The molecule has 0 spiro atoms. The molecule has 0 amide bonds. The van der Waals surface area contributed by atoms with Crippen LogP contribution in [0.3, 0.4) is 0 Å². The van der Waals surface area contributed by atoms with E-state index in [2.05, 4.69) is 30.8 Å². The second-order valence-electron chi connectivity index (χ2n) is 9.36. The number of hydrogen-bond donors (Lipinski definition) is 1. The molecule has 6 heteroatoms. The number of esters is 1. The summed E-state index contributed by atoms with van der Waals surface area (Å²) in [5.74, 6) is 0.600. The predicted molar refractivity (Wildman–Crippen MR) is 114 cm³/mol. The van der Waals surface area contributed by atoms with Gasteiger partial charge in [0.25, 0.3) is 0 Å². The number of aliphatic hydroxyl groups excluding tert-OH is 1. The third kappa shape index (κ3) is 2.04. The standard InChI is InChI=1S/C24H31N2O4/c1-6-14-12-26(3)18-11-17(14)24(13-27,23(28)30-5)20(26)10-16-15-8-7-9-19(29-4)22(15)25(2)21(16)18/h6-9,17-18,20,27H,10-13H2,1-5H3/q+1/t17-,18-,20-,24+,26-/m0/s1. The van der Waals surface area contributed by atoms with E-state index >= 15 is 0 Å². The third-order valence-electron chi connectivity index (χ3n) is 8.53. The quantitative estimate of drug-likeness (QED) is 0.479. The molecule has 1 aromatic heterocycles. The van der Waals surface area contributed by atoms with Crippen molar-refractivity contribution >= 4 is 16.9 Å². The normalized spacial score (nSPS) is 35.5. The molecule has 6 nitrogen and oxygen atoms in total. The molecular weight excluding hydrogens is 380 g/mol. The minimum absolute atomic E-state index is 0.00274. The number of quaternary nitrogens is 1. The van der Waals surface area contributed by atoms with Crippen molar-refractivity contribution in [2.45, 2.75) is 31.8 Å². The monoisotopic (exact) mass is 411 g/mol. The van der Waals surface area contributed by atoms with Gasteiger partial charge in [-0.05, 0) is 24.1 Å². The number of rotatable bonds is 3. The van der Waals surface area contributed by atoms with Crippen LogP contribution in [-0.4, -0.2) is 60.6 Å². The molecule has 0 saturated carbocycles. The maximum absolute atomic E-state index is 13.3. The number of fused-ring (bicyclic) bond motifs is 4. The third-order valence-corrected chi connectivity index (χ3v) is 8.53. The topological polar surface area (TPSA) is 60.7 Å². The van der Waals surface area contributed by atoms with Crippen molar-refractivity contribution in [2.75, 3.05) is 34.4 Å². The molecule has 0 unspecified atom stereocenters. The zero-order valence-corrected chi connectivity index (χ0v) is 18.4. The Morgan fingerprint density at radius 3 is 2.80 bits per heavy atom. The number of carbonyl (C=O) groups is 1. The molecule has 5 heterocycles. The second-order valence-corrected chi connectivity index (χ2v) is 9.36. The number of nitrogens with zero attached hydrogens (tertiary/aromatic N) is 2. The van der Waals surface area contributed by atoms with Crippen LogP contribution in [0.1, 0.15) is 30.6 Å². The summed E-state index contributed by atoms with van der Waals surface area (Å²) in [5, 5.41) is 11.9. The number of aryl methyl sites for hydroxylation is 1. The average molecular weight is 412 g/mol. The number of benzene rings is 1. The summed E-state index contributed by atoms with van der Waals surface area (Å²) in [6.45, 7) is 2.77. The molecule has 1 aromatic carbocycles. The Labute approximate surface area is 177 Å². The van der Waals surface area contributed by atoms with E-state index in [0.29, 0.717) is 0 Å². The molecule has 0 radical (unpaired) electrons. The van der Waals surface area contributed by atoms with E-state index in [4.69, 9.17) is 9.47 Å². The Hall–Kier alpha value is -2.31. The summed E-state index contributed by atoms with van der Waals surface area (Å²) in [6, 6.07) is 6.45. The van der Waals surface area contributed by atoms with Crippen LogP contribution in [0.2, 0.25) is 0 Å². The first-order valence-electron chi connectivity index (χ1n) is 10.7. The Bertz CT molecular complexity index is 1090. The summed E-state index contributed by atoms with van der Waals surface area (Å²) < 4.78 is 14.1. The van der Waals surface area contributed by atoms with Crippen LogP contribution in [0, 0.1) is 11.3 Å². The van der Waals surface area contributed by atoms with Gasteiger partial charge in [-0.1, -0.05) is 18.2 Å². The van der Waals surface area contributed by atoms with Crippen molar-refractivity contribution < 1.29 is 23.9 Å².